The first kappa shape index (κ1) is 22.9. The van der Waals surface area contributed by atoms with Crippen LogP contribution in [0.1, 0.15) is 22.7 Å². The van der Waals surface area contributed by atoms with Crippen molar-refractivity contribution in [3.63, 3.8) is 0 Å². The Kier molecular flexibility index (Phi) is 5.77. The number of aliphatic hydroxyl groups excluding tert-OH is 1. The van der Waals surface area contributed by atoms with E-state index in [0.29, 0.717) is 11.1 Å². The first-order chi connectivity index (χ1) is 17.3. The summed E-state index contributed by atoms with van der Waals surface area (Å²) in [6, 6.07) is 22.8. The largest absolute Gasteiger partial charge is 0.507 e. The van der Waals surface area contributed by atoms with Crippen LogP contribution in [0.2, 0.25) is 0 Å². The number of nitro benzene ring substituents is 1. The molecule has 178 valence electrons. The highest BCUT2D eigenvalue weighted by Gasteiger charge is 2.46. The van der Waals surface area contributed by atoms with Crippen molar-refractivity contribution in [2.45, 2.75) is 12.6 Å². The van der Waals surface area contributed by atoms with E-state index in [1.165, 1.54) is 53.4 Å². The third-order valence-corrected chi connectivity index (χ3v) is 6.28. The smallest absolute Gasteiger partial charge is 0.295 e. The third kappa shape index (κ3) is 3.98. The van der Waals surface area contributed by atoms with Gasteiger partial charge in [0.2, 0.25) is 0 Å². The molecule has 1 fully saturated rings. The first-order valence-corrected chi connectivity index (χ1v) is 11.1. The van der Waals surface area contributed by atoms with E-state index in [1.54, 1.807) is 6.07 Å². The van der Waals surface area contributed by atoms with Gasteiger partial charge in [-0.05, 0) is 46.2 Å². The number of fused-ring (bicyclic) bond motifs is 1. The van der Waals surface area contributed by atoms with Crippen molar-refractivity contribution in [1.82, 2.24) is 4.90 Å². The third-order valence-electron chi connectivity index (χ3n) is 6.28. The van der Waals surface area contributed by atoms with Crippen LogP contribution in [-0.2, 0) is 16.1 Å². The van der Waals surface area contributed by atoms with E-state index in [4.69, 9.17) is 0 Å². The zero-order valence-corrected chi connectivity index (χ0v) is 18.8. The number of nitro groups is 1. The van der Waals surface area contributed by atoms with Crippen LogP contribution in [-0.4, -0.2) is 26.6 Å². The Labute approximate surface area is 204 Å². The van der Waals surface area contributed by atoms with E-state index < -0.39 is 34.2 Å². The summed E-state index contributed by atoms with van der Waals surface area (Å²) in [5.74, 6) is -2.53. The number of hydrogen-bond donors (Lipinski definition) is 1. The highest BCUT2D eigenvalue weighted by Crippen LogP contribution is 2.42. The Balaban J connectivity index is 1.70. The summed E-state index contributed by atoms with van der Waals surface area (Å²) in [6.45, 7) is 0.00971. The molecule has 36 heavy (non-hydrogen) atoms. The molecule has 0 saturated carbocycles. The van der Waals surface area contributed by atoms with E-state index in [1.807, 2.05) is 36.4 Å². The molecule has 1 saturated heterocycles. The Morgan fingerprint density at radius 2 is 1.58 bits per heavy atom. The second-order valence-corrected chi connectivity index (χ2v) is 8.43. The van der Waals surface area contributed by atoms with Crippen LogP contribution >= 0.6 is 0 Å². The van der Waals surface area contributed by atoms with Crippen molar-refractivity contribution >= 4 is 33.9 Å². The van der Waals surface area contributed by atoms with Gasteiger partial charge in [-0.2, -0.15) is 0 Å². The maximum absolute atomic E-state index is 13.5. The molecular weight excluding hydrogens is 463 g/mol. The fraction of sp³-hybridized carbons (Fsp3) is 0.0714. The first-order valence-electron chi connectivity index (χ1n) is 11.1. The minimum atomic E-state index is -0.934. The van der Waals surface area contributed by atoms with Crippen LogP contribution in [0.15, 0.2) is 96.6 Å². The van der Waals surface area contributed by atoms with Gasteiger partial charge in [-0.1, -0.05) is 54.6 Å². The Bertz CT molecular complexity index is 1540. The molecule has 0 radical (unpaired) electrons. The molecule has 1 N–H and O–H groups in total. The number of halogens is 1. The van der Waals surface area contributed by atoms with E-state index in [-0.39, 0.29) is 23.4 Å². The molecule has 1 atom stereocenters. The van der Waals surface area contributed by atoms with Crippen molar-refractivity contribution < 1.29 is 24.0 Å². The van der Waals surface area contributed by atoms with Crippen molar-refractivity contribution in [3.05, 3.63) is 129 Å². The number of likely N-dealkylation sites (tertiary alicyclic amines) is 1. The fourth-order valence-electron chi connectivity index (χ4n) is 4.54. The van der Waals surface area contributed by atoms with Gasteiger partial charge in [0, 0.05) is 24.2 Å². The molecule has 0 aliphatic carbocycles. The zero-order chi connectivity index (χ0) is 25.4. The van der Waals surface area contributed by atoms with Gasteiger partial charge in [0.1, 0.15) is 11.6 Å². The van der Waals surface area contributed by atoms with E-state index in [0.717, 1.165) is 10.8 Å². The van der Waals surface area contributed by atoms with Crippen molar-refractivity contribution in [2.75, 3.05) is 0 Å². The topological polar surface area (TPSA) is 101 Å². The number of amides is 1. The van der Waals surface area contributed by atoms with Gasteiger partial charge in [0.15, 0.2) is 0 Å². The quantitative estimate of drug-likeness (QED) is 0.133. The van der Waals surface area contributed by atoms with Crippen LogP contribution in [0.5, 0.6) is 0 Å². The lowest BCUT2D eigenvalue weighted by molar-refractivity contribution is -0.384. The van der Waals surface area contributed by atoms with Gasteiger partial charge in [-0.25, -0.2) is 4.39 Å². The normalized spacial score (nSPS) is 17.0. The lowest BCUT2D eigenvalue weighted by Gasteiger charge is -2.26. The number of hydrogen-bond acceptors (Lipinski definition) is 5. The highest BCUT2D eigenvalue weighted by molar-refractivity contribution is 6.46. The van der Waals surface area contributed by atoms with Crippen LogP contribution < -0.4 is 0 Å². The zero-order valence-electron chi connectivity index (χ0n) is 18.8. The molecule has 1 aliphatic heterocycles. The molecule has 5 rings (SSSR count). The lowest BCUT2D eigenvalue weighted by Crippen LogP contribution is -2.29. The molecule has 7 nitrogen and oxygen atoms in total. The summed E-state index contributed by atoms with van der Waals surface area (Å²) in [4.78, 5) is 38.4. The van der Waals surface area contributed by atoms with Crippen molar-refractivity contribution in [1.29, 1.82) is 0 Å². The molecule has 4 aromatic rings. The van der Waals surface area contributed by atoms with Crippen LogP contribution in [0, 0.1) is 15.9 Å². The maximum Gasteiger partial charge on any atom is 0.295 e. The van der Waals surface area contributed by atoms with Gasteiger partial charge in [0.25, 0.3) is 17.4 Å². The second-order valence-electron chi connectivity index (χ2n) is 8.43. The minimum absolute atomic E-state index is 0.00971. The summed E-state index contributed by atoms with van der Waals surface area (Å²) in [5, 5.41) is 23.9. The number of aliphatic hydroxyl groups is 1. The summed E-state index contributed by atoms with van der Waals surface area (Å²) in [6.07, 6.45) is 0. The molecule has 1 aliphatic rings. The van der Waals surface area contributed by atoms with Gasteiger partial charge in [-0.15, -0.1) is 0 Å². The SMILES string of the molecule is O=C1C(=O)N(Cc2ccc(F)cc2)C(c2cccc3ccccc23)/C1=C(/O)c1ccc([N+](=O)[O-])cc1. The van der Waals surface area contributed by atoms with Crippen molar-refractivity contribution in [3.8, 4) is 0 Å². The molecule has 0 spiro atoms. The number of Topliss-reactive ketones (excluding diaryl/α,β-unsaturated/α-hetero) is 1. The van der Waals surface area contributed by atoms with Crippen LogP contribution in [0.3, 0.4) is 0 Å². The monoisotopic (exact) mass is 482 g/mol. The number of ketones is 1. The molecule has 8 heteroatoms. The Morgan fingerprint density at radius 3 is 2.28 bits per heavy atom. The fourth-order valence-corrected chi connectivity index (χ4v) is 4.54. The van der Waals surface area contributed by atoms with E-state index >= 15 is 0 Å². The Morgan fingerprint density at radius 1 is 0.917 bits per heavy atom. The number of non-ortho nitro benzene ring substituents is 1. The Hall–Kier alpha value is -4.85. The molecule has 1 amide bonds. The predicted molar refractivity (Wildman–Crippen MR) is 131 cm³/mol. The summed E-state index contributed by atoms with van der Waals surface area (Å²) in [7, 11) is 0. The van der Waals surface area contributed by atoms with Gasteiger partial charge < -0.3 is 10.0 Å². The number of carbonyl (C=O) groups excluding carboxylic acids is 2. The van der Waals surface area contributed by atoms with Gasteiger partial charge in [-0.3, -0.25) is 19.7 Å². The van der Waals surface area contributed by atoms with Crippen molar-refractivity contribution in [2.24, 2.45) is 0 Å². The second kappa shape index (κ2) is 9.07. The minimum Gasteiger partial charge on any atom is -0.507 e. The average molecular weight is 482 g/mol. The average Bonchev–Trinajstić information content (AvgIpc) is 3.14. The standard InChI is InChI=1S/C28H19FN2O5/c29-20-12-8-17(9-13-20)16-30-25(23-7-3-5-18-4-1-2-6-22(18)23)24(27(33)28(30)34)26(32)19-10-14-21(15-11-19)31(35)36/h1-15,25,32H,16H2/b26-24-. The van der Waals surface area contributed by atoms with E-state index in [9.17, 15) is 29.2 Å². The molecule has 0 aromatic heterocycles. The molecule has 4 aromatic carbocycles. The maximum atomic E-state index is 13.5. The number of carbonyl (C=O) groups is 2. The molecule has 1 unspecified atom stereocenters. The van der Waals surface area contributed by atoms with Gasteiger partial charge in [0.05, 0.1) is 16.5 Å². The molecular formula is C28H19FN2O5. The lowest BCUT2D eigenvalue weighted by atomic mass is 9.91. The summed E-state index contributed by atoms with van der Waals surface area (Å²) in [5.41, 5.74) is 1.13. The highest BCUT2D eigenvalue weighted by atomic mass is 19.1. The van der Waals surface area contributed by atoms with Crippen LogP contribution in [0.4, 0.5) is 10.1 Å². The van der Waals surface area contributed by atoms with Gasteiger partial charge >= 0.3 is 0 Å². The summed E-state index contributed by atoms with van der Waals surface area (Å²) < 4.78 is 13.5. The molecule has 0 bridgehead atoms. The molecule has 1 heterocycles. The van der Waals surface area contributed by atoms with Crippen LogP contribution in [0.25, 0.3) is 16.5 Å². The number of nitrogens with zero attached hydrogens (tertiary/aromatic N) is 2. The summed E-state index contributed by atoms with van der Waals surface area (Å²) >= 11 is 0. The number of benzene rings is 4. The number of rotatable bonds is 5. The van der Waals surface area contributed by atoms with E-state index in [2.05, 4.69) is 0 Å². The predicted octanol–water partition coefficient (Wildman–Crippen LogP) is 5.51.